The first kappa shape index (κ1) is 22.7. The van der Waals surface area contributed by atoms with Crippen LogP contribution in [0.2, 0.25) is 0 Å². The van der Waals surface area contributed by atoms with Crippen molar-refractivity contribution in [1.29, 1.82) is 5.26 Å². The van der Waals surface area contributed by atoms with Gasteiger partial charge in [0.25, 0.3) is 5.91 Å². The van der Waals surface area contributed by atoms with Gasteiger partial charge in [-0.05, 0) is 67.8 Å². The number of aryl methyl sites for hydroxylation is 2. The van der Waals surface area contributed by atoms with Gasteiger partial charge in [-0.15, -0.1) is 0 Å². The SMILES string of the molecule is Cc1ccc(-n2ncc(C(=O)Nc3ccc(Oc4ncccc4C#N)cc3C)c2C(C)C)cc1. The Morgan fingerprint density at radius 3 is 2.56 bits per heavy atom. The molecule has 0 radical (unpaired) electrons. The molecule has 2 aromatic heterocycles. The molecule has 0 bridgehead atoms. The number of ether oxygens (including phenoxy) is 1. The first-order valence-electron chi connectivity index (χ1n) is 11.0. The van der Waals surface area contributed by atoms with Gasteiger partial charge < -0.3 is 10.1 Å². The highest BCUT2D eigenvalue weighted by atomic mass is 16.5. The van der Waals surface area contributed by atoms with Crippen LogP contribution < -0.4 is 10.1 Å². The third-order valence-corrected chi connectivity index (χ3v) is 5.43. The van der Waals surface area contributed by atoms with Gasteiger partial charge in [-0.1, -0.05) is 31.5 Å². The lowest BCUT2D eigenvalue weighted by Gasteiger charge is -2.14. The molecule has 0 saturated carbocycles. The second-order valence-corrected chi connectivity index (χ2v) is 8.35. The fourth-order valence-electron chi connectivity index (χ4n) is 3.68. The number of amides is 1. The zero-order valence-electron chi connectivity index (χ0n) is 19.5. The van der Waals surface area contributed by atoms with Crippen molar-refractivity contribution in [3.8, 4) is 23.4 Å². The van der Waals surface area contributed by atoms with Crippen molar-refractivity contribution in [2.24, 2.45) is 0 Å². The molecule has 1 amide bonds. The molecule has 0 aliphatic heterocycles. The van der Waals surface area contributed by atoms with Crippen LogP contribution in [0.15, 0.2) is 67.0 Å². The second-order valence-electron chi connectivity index (χ2n) is 8.35. The van der Waals surface area contributed by atoms with Gasteiger partial charge in [-0.2, -0.15) is 10.4 Å². The molecule has 2 heterocycles. The molecule has 7 heteroatoms. The average Bonchev–Trinajstić information content (AvgIpc) is 3.27. The lowest BCUT2D eigenvalue weighted by molar-refractivity contribution is 0.102. The fraction of sp³-hybridized carbons (Fsp3) is 0.185. The summed E-state index contributed by atoms with van der Waals surface area (Å²) in [5.41, 5.74) is 5.28. The van der Waals surface area contributed by atoms with E-state index in [1.54, 1.807) is 42.7 Å². The molecule has 0 unspecified atom stereocenters. The summed E-state index contributed by atoms with van der Waals surface area (Å²) in [4.78, 5) is 17.3. The molecule has 2 aromatic carbocycles. The van der Waals surface area contributed by atoms with Crippen LogP contribution in [0.25, 0.3) is 5.69 Å². The number of hydrogen-bond acceptors (Lipinski definition) is 5. The molecular formula is C27H25N5O2. The van der Waals surface area contributed by atoms with E-state index in [4.69, 9.17) is 4.74 Å². The number of carbonyl (C=O) groups excluding carboxylic acids is 1. The lowest BCUT2D eigenvalue weighted by Crippen LogP contribution is -2.16. The van der Waals surface area contributed by atoms with Crippen molar-refractivity contribution >= 4 is 11.6 Å². The van der Waals surface area contributed by atoms with Crippen molar-refractivity contribution in [1.82, 2.24) is 14.8 Å². The maximum atomic E-state index is 13.2. The van der Waals surface area contributed by atoms with Crippen LogP contribution >= 0.6 is 0 Å². The zero-order chi connectivity index (χ0) is 24.2. The highest BCUT2D eigenvalue weighted by molar-refractivity contribution is 6.05. The third-order valence-electron chi connectivity index (χ3n) is 5.43. The molecular weight excluding hydrogens is 426 g/mol. The van der Waals surface area contributed by atoms with Gasteiger partial charge in [-0.25, -0.2) is 9.67 Å². The molecule has 0 saturated heterocycles. The Hall–Kier alpha value is -4.44. The molecule has 4 rings (SSSR count). The number of hydrogen-bond donors (Lipinski definition) is 1. The van der Waals surface area contributed by atoms with Gasteiger partial charge >= 0.3 is 0 Å². The van der Waals surface area contributed by atoms with Crippen molar-refractivity contribution in [3.05, 3.63) is 94.9 Å². The lowest BCUT2D eigenvalue weighted by atomic mass is 10.0. The molecule has 0 fully saturated rings. The third kappa shape index (κ3) is 4.66. The topological polar surface area (TPSA) is 92.8 Å². The summed E-state index contributed by atoms with van der Waals surface area (Å²) in [7, 11) is 0. The van der Waals surface area contributed by atoms with Gasteiger partial charge in [0.2, 0.25) is 5.88 Å². The number of nitrogens with zero attached hydrogens (tertiary/aromatic N) is 4. The average molecular weight is 452 g/mol. The second kappa shape index (κ2) is 9.59. The predicted molar refractivity (Wildman–Crippen MR) is 131 cm³/mol. The molecule has 170 valence electrons. The summed E-state index contributed by atoms with van der Waals surface area (Å²) >= 11 is 0. The van der Waals surface area contributed by atoms with Crippen LogP contribution in [-0.2, 0) is 0 Å². The maximum absolute atomic E-state index is 13.2. The van der Waals surface area contributed by atoms with E-state index >= 15 is 0 Å². The van der Waals surface area contributed by atoms with Crippen LogP contribution in [-0.4, -0.2) is 20.7 Å². The fourth-order valence-corrected chi connectivity index (χ4v) is 3.68. The number of carbonyl (C=O) groups is 1. The monoisotopic (exact) mass is 451 g/mol. The highest BCUT2D eigenvalue weighted by Crippen LogP contribution is 2.28. The van der Waals surface area contributed by atoms with Crippen molar-refractivity contribution < 1.29 is 9.53 Å². The largest absolute Gasteiger partial charge is 0.438 e. The summed E-state index contributed by atoms with van der Waals surface area (Å²) in [6.45, 7) is 8.00. The van der Waals surface area contributed by atoms with Crippen LogP contribution in [0.3, 0.4) is 0 Å². The van der Waals surface area contributed by atoms with E-state index in [1.165, 1.54) is 0 Å². The number of nitrogens with one attached hydrogen (secondary N) is 1. The smallest absolute Gasteiger partial charge is 0.259 e. The van der Waals surface area contributed by atoms with E-state index in [-0.39, 0.29) is 17.7 Å². The van der Waals surface area contributed by atoms with E-state index < -0.39 is 0 Å². The van der Waals surface area contributed by atoms with E-state index in [0.29, 0.717) is 22.6 Å². The number of aromatic nitrogens is 3. The van der Waals surface area contributed by atoms with Crippen LogP contribution in [0, 0.1) is 25.2 Å². The summed E-state index contributed by atoms with van der Waals surface area (Å²) in [5.74, 6) is 0.636. The van der Waals surface area contributed by atoms with Gasteiger partial charge in [0, 0.05) is 11.9 Å². The summed E-state index contributed by atoms with van der Waals surface area (Å²) in [6, 6.07) is 18.7. The van der Waals surface area contributed by atoms with Crippen molar-refractivity contribution in [2.45, 2.75) is 33.6 Å². The Bertz CT molecular complexity index is 1380. The highest BCUT2D eigenvalue weighted by Gasteiger charge is 2.21. The summed E-state index contributed by atoms with van der Waals surface area (Å²) < 4.78 is 7.60. The number of anilines is 1. The Morgan fingerprint density at radius 1 is 1.12 bits per heavy atom. The van der Waals surface area contributed by atoms with Gasteiger partial charge in [0.05, 0.1) is 23.1 Å². The minimum absolute atomic E-state index is 0.0918. The molecule has 4 aromatic rings. The Labute approximate surface area is 198 Å². The first-order valence-corrected chi connectivity index (χ1v) is 11.0. The zero-order valence-corrected chi connectivity index (χ0v) is 19.5. The van der Waals surface area contributed by atoms with Crippen LogP contribution in [0.1, 0.15) is 52.5 Å². The predicted octanol–water partition coefficient (Wildman–Crippen LogP) is 5.92. The molecule has 0 spiro atoms. The quantitative estimate of drug-likeness (QED) is 0.392. The normalized spacial score (nSPS) is 10.7. The van der Waals surface area contributed by atoms with E-state index in [0.717, 1.165) is 22.5 Å². The minimum atomic E-state index is -0.227. The molecule has 7 nitrogen and oxygen atoms in total. The minimum Gasteiger partial charge on any atom is -0.438 e. The van der Waals surface area contributed by atoms with Gasteiger partial charge in [0.1, 0.15) is 17.4 Å². The van der Waals surface area contributed by atoms with Crippen molar-refractivity contribution in [2.75, 3.05) is 5.32 Å². The van der Waals surface area contributed by atoms with E-state index in [2.05, 4.69) is 21.5 Å². The Kier molecular flexibility index (Phi) is 6.42. The summed E-state index contributed by atoms with van der Waals surface area (Å²) in [5, 5.41) is 16.7. The molecule has 34 heavy (non-hydrogen) atoms. The first-order chi connectivity index (χ1) is 16.4. The molecule has 0 atom stereocenters. The van der Waals surface area contributed by atoms with Gasteiger partial charge in [0.15, 0.2) is 0 Å². The number of benzene rings is 2. The summed E-state index contributed by atoms with van der Waals surface area (Å²) in [6.07, 6.45) is 3.18. The number of rotatable bonds is 6. The number of pyridine rings is 1. The Balaban J connectivity index is 1.57. The van der Waals surface area contributed by atoms with E-state index in [1.807, 2.05) is 56.6 Å². The number of nitriles is 1. The maximum Gasteiger partial charge on any atom is 0.259 e. The van der Waals surface area contributed by atoms with Gasteiger partial charge in [-0.3, -0.25) is 4.79 Å². The van der Waals surface area contributed by atoms with Crippen LogP contribution in [0.5, 0.6) is 11.6 Å². The molecule has 0 aliphatic carbocycles. The molecule has 1 N–H and O–H groups in total. The standard InChI is InChI=1S/C27H25N5O2/c1-17(2)25-23(16-30-32(25)21-9-7-18(3)8-10-21)26(33)31-24-12-11-22(14-19(24)4)34-27-20(15-28)6-5-13-29-27/h5-14,16-17H,1-4H3,(H,31,33). The molecule has 0 aliphatic rings. The van der Waals surface area contributed by atoms with E-state index in [9.17, 15) is 10.1 Å². The van der Waals surface area contributed by atoms with Crippen molar-refractivity contribution in [3.63, 3.8) is 0 Å². The Morgan fingerprint density at radius 2 is 1.88 bits per heavy atom. The van der Waals surface area contributed by atoms with Crippen LogP contribution in [0.4, 0.5) is 5.69 Å².